The van der Waals surface area contributed by atoms with Gasteiger partial charge in [0.15, 0.2) is 0 Å². The Morgan fingerprint density at radius 1 is 0.829 bits per heavy atom. The van der Waals surface area contributed by atoms with E-state index in [-0.39, 0.29) is 44.4 Å². The summed E-state index contributed by atoms with van der Waals surface area (Å²) in [6.45, 7) is 1.61. The van der Waals surface area contributed by atoms with Gasteiger partial charge in [0.25, 0.3) is 0 Å². The Hall–Kier alpha value is -7.72. The number of carboxylic acid groups (broad SMARTS) is 3. The number of aromatic nitrogens is 2. The van der Waals surface area contributed by atoms with Crippen LogP contribution in [-0.2, 0) is 65.6 Å². The molecule has 28 nitrogen and oxygen atoms in total. The van der Waals surface area contributed by atoms with E-state index in [1.54, 1.807) is 0 Å². The molecule has 2 aromatic rings. The number of rotatable bonds is 27. The summed E-state index contributed by atoms with van der Waals surface area (Å²) in [6, 6.07) is -5.45. The first kappa shape index (κ1) is 56.6. The van der Waals surface area contributed by atoms with Gasteiger partial charge in [0, 0.05) is 37.7 Å². The van der Waals surface area contributed by atoms with Crippen LogP contribution in [0.1, 0.15) is 64.1 Å². The number of aromatic amines is 1. The fourth-order valence-electron chi connectivity index (χ4n) is 6.89. The van der Waals surface area contributed by atoms with Gasteiger partial charge < -0.3 is 83.5 Å². The van der Waals surface area contributed by atoms with Crippen molar-refractivity contribution in [3.05, 3.63) is 48.0 Å². The van der Waals surface area contributed by atoms with Gasteiger partial charge in [-0.05, 0) is 57.7 Å². The summed E-state index contributed by atoms with van der Waals surface area (Å²) in [5.74, 6) is -12.4. The average Bonchev–Trinajstić information content (AvgIpc) is 4.00. The third-order valence-electron chi connectivity index (χ3n) is 10.8. The molecule has 28 heteroatoms. The summed E-state index contributed by atoms with van der Waals surface area (Å²) in [6.07, 6.45) is -0.993. The minimum atomic E-state index is -1.80. The summed E-state index contributed by atoms with van der Waals surface area (Å²) < 4.78 is 0. The van der Waals surface area contributed by atoms with Crippen LogP contribution in [0.5, 0.6) is 5.75 Å². The lowest BCUT2D eigenvalue weighted by Crippen LogP contribution is -2.62. The minimum absolute atomic E-state index is 0.00379. The number of H-pyrrole nitrogens is 1. The number of hydrogen-bond donors (Lipinski definition) is 15. The number of carboxylic acids is 3. The molecule has 1 aliphatic heterocycles. The highest BCUT2D eigenvalue weighted by molar-refractivity contribution is 5.99. The molecular formula is C42H59N11O17. The number of nitrogens with one attached hydrogen (secondary N) is 8. The molecule has 0 saturated carbocycles. The first-order valence-corrected chi connectivity index (χ1v) is 21.7. The van der Waals surface area contributed by atoms with Gasteiger partial charge in [0.2, 0.25) is 47.3 Å². The molecule has 70 heavy (non-hydrogen) atoms. The average molecular weight is 990 g/mol. The Balaban J connectivity index is 1.66. The van der Waals surface area contributed by atoms with Gasteiger partial charge in [0.1, 0.15) is 47.5 Å². The topological polar surface area (TPSA) is 451 Å². The zero-order valence-electron chi connectivity index (χ0n) is 38.3. The number of amides is 8. The molecule has 1 aliphatic rings. The molecule has 1 saturated heterocycles. The lowest BCUT2D eigenvalue weighted by molar-refractivity contribution is -0.147. The van der Waals surface area contributed by atoms with Crippen molar-refractivity contribution in [1.29, 1.82) is 0 Å². The molecule has 0 spiro atoms. The summed E-state index contributed by atoms with van der Waals surface area (Å²) in [5, 5.41) is 74.2. The summed E-state index contributed by atoms with van der Waals surface area (Å²) in [5.41, 5.74) is 4.67. The zero-order valence-corrected chi connectivity index (χ0v) is 38.3. The molecule has 1 aromatic carbocycles. The van der Waals surface area contributed by atoms with E-state index in [1.165, 1.54) is 50.6 Å². The van der Waals surface area contributed by atoms with Crippen molar-refractivity contribution < 1.29 is 83.4 Å². The van der Waals surface area contributed by atoms with E-state index in [4.69, 9.17) is 10.8 Å². The van der Waals surface area contributed by atoms with Gasteiger partial charge in [0.05, 0.1) is 38.0 Å². The van der Waals surface area contributed by atoms with Crippen LogP contribution < -0.4 is 43.0 Å². The molecule has 2 heterocycles. The summed E-state index contributed by atoms with van der Waals surface area (Å²) in [4.78, 5) is 149. The Kier molecular flexibility index (Phi) is 21.1. The summed E-state index contributed by atoms with van der Waals surface area (Å²) >= 11 is 0. The van der Waals surface area contributed by atoms with E-state index in [9.17, 15) is 78.3 Å². The van der Waals surface area contributed by atoms with Crippen molar-refractivity contribution >= 4 is 65.2 Å². The Bertz CT molecular complexity index is 2220. The fraction of sp³-hybridized carbons (Fsp3) is 0.524. The molecule has 1 fully saturated rings. The van der Waals surface area contributed by atoms with Crippen molar-refractivity contribution in [2.75, 3.05) is 19.7 Å². The number of carbonyl (C=O) groups is 11. The van der Waals surface area contributed by atoms with E-state index in [0.717, 1.165) is 11.8 Å². The lowest BCUT2D eigenvalue weighted by Gasteiger charge is -2.32. The number of carbonyl (C=O) groups excluding carboxylic acids is 8. The Morgan fingerprint density at radius 2 is 1.47 bits per heavy atom. The number of likely N-dealkylation sites (tertiary alicyclic amines) is 1. The van der Waals surface area contributed by atoms with Crippen molar-refractivity contribution in [3.8, 4) is 5.75 Å². The lowest BCUT2D eigenvalue weighted by atomic mass is 10.0. The van der Waals surface area contributed by atoms with E-state index in [0.29, 0.717) is 11.3 Å². The monoisotopic (exact) mass is 989 g/mol. The number of phenolic OH excluding ortho intramolecular Hbond substituents is 1. The number of nitrogens with two attached hydrogens (primary N) is 1. The maximum absolute atomic E-state index is 13.8. The summed E-state index contributed by atoms with van der Waals surface area (Å²) in [7, 11) is 0. The standard InChI is InChI=1S/C42H59N11O17/c1-20(55)33(51-37(65)29-5-4-12-53(29)39(67)26(15-32(60)61)50-41(70)42(2,3)52-34(62)24(43)10-11-31(58)59)38(66)45-17-30(57)47-25(14-22-16-44-19-46-22)35(63)49-28(18-54)36(64)48-27(40(68)69)13-21-6-8-23(56)9-7-21/h6-9,16,19-20,24-29,33,54-56H,4-5,10-15,17-18,43H2,1-3H3,(H,44,46)(H,45,66)(H,47,57)(H,48,64)(H,49,63)(H,50,70)(H,51,65)(H,52,62)(H,58,59)(H,60,61)(H,68,69)/t20-,24+,25-,26+,27+,28+,29+,33+/m1/s1. The number of nitrogens with zero attached hydrogens (tertiary/aromatic N) is 2. The molecule has 8 atom stereocenters. The molecule has 16 N–H and O–H groups in total. The largest absolute Gasteiger partial charge is 0.508 e. The highest BCUT2D eigenvalue weighted by atomic mass is 16.4. The molecule has 1 aromatic heterocycles. The first-order valence-electron chi connectivity index (χ1n) is 21.7. The molecule has 0 radical (unpaired) electrons. The van der Waals surface area contributed by atoms with Gasteiger partial charge in [-0.3, -0.25) is 47.9 Å². The molecule has 384 valence electrons. The van der Waals surface area contributed by atoms with Crippen LogP contribution in [0.25, 0.3) is 0 Å². The predicted octanol–water partition coefficient (Wildman–Crippen LogP) is -5.55. The molecule has 0 aliphatic carbocycles. The first-order chi connectivity index (χ1) is 32.8. The minimum Gasteiger partial charge on any atom is -0.508 e. The van der Waals surface area contributed by atoms with Crippen LogP contribution >= 0.6 is 0 Å². The SMILES string of the molecule is C[C@@H](O)[C@H](NC(=O)[C@@H]1CCCN1C(=O)[C@H](CC(=O)O)NC(=O)C(C)(C)NC(=O)[C@@H](N)CCC(=O)O)C(=O)NCC(=O)N[C@H](Cc1cnc[nH]1)C(=O)N[C@@H](CO)C(=O)N[C@@H](Cc1ccc(O)cc1)C(=O)O. The smallest absolute Gasteiger partial charge is 0.326 e. The highest BCUT2D eigenvalue weighted by Crippen LogP contribution is 2.21. The maximum Gasteiger partial charge on any atom is 0.326 e. The zero-order chi connectivity index (χ0) is 52.5. The fourth-order valence-corrected chi connectivity index (χ4v) is 6.89. The van der Waals surface area contributed by atoms with E-state index >= 15 is 0 Å². The second kappa shape index (κ2) is 26.1. The van der Waals surface area contributed by atoms with Gasteiger partial charge in [-0.25, -0.2) is 9.78 Å². The number of imidazole rings is 1. The van der Waals surface area contributed by atoms with Crippen LogP contribution in [0.4, 0.5) is 0 Å². The second-order valence-corrected chi connectivity index (χ2v) is 16.8. The van der Waals surface area contributed by atoms with Crippen LogP contribution in [-0.4, -0.2) is 184 Å². The van der Waals surface area contributed by atoms with E-state index < -0.39 is 145 Å². The van der Waals surface area contributed by atoms with Crippen molar-refractivity contribution in [2.24, 2.45) is 5.73 Å². The van der Waals surface area contributed by atoms with Crippen LogP contribution in [0.15, 0.2) is 36.8 Å². The predicted molar refractivity (Wildman–Crippen MR) is 237 cm³/mol. The number of aliphatic hydroxyl groups is 2. The Morgan fingerprint density at radius 3 is 2.04 bits per heavy atom. The van der Waals surface area contributed by atoms with E-state index in [2.05, 4.69) is 47.2 Å². The quantitative estimate of drug-likeness (QED) is 0.0397. The molecular weight excluding hydrogens is 931 g/mol. The third-order valence-corrected chi connectivity index (χ3v) is 10.8. The van der Waals surface area contributed by atoms with Gasteiger partial charge in [-0.2, -0.15) is 0 Å². The molecule has 3 rings (SSSR count). The second-order valence-electron chi connectivity index (χ2n) is 16.8. The Labute approximate surface area is 398 Å². The van der Waals surface area contributed by atoms with Crippen molar-refractivity contribution in [1.82, 2.24) is 52.1 Å². The van der Waals surface area contributed by atoms with Crippen molar-refractivity contribution in [2.45, 2.75) is 120 Å². The highest BCUT2D eigenvalue weighted by Gasteiger charge is 2.42. The number of aliphatic hydroxyl groups excluding tert-OH is 2. The molecule has 0 bridgehead atoms. The van der Waals surface area contributed by atoms with E-state index in [1.807, 2.05) is 0 Å². The number of aliphatic carboxylic acids is 3. The van der Waals surface area contributed by atoms with Crippen LogP contribution in [0, 0.1) is 0 Å². The maximum atomic E-state index is 13.8. The van der Waals surface area contributed by atoms with Crippen LogP contribution in [0.2, 0.25) is 0 Å². The number of phenols is 1. The third kappa shape index (κ3) is 17.4. The van der Waals surface area contributed by atoms with Gasteiger partial charge in [-0.15, -0.1) is 0 Å². The number of aromatic hydroxyl groups is 1. The normalized spacial score (nSPS) is 16.4. The van der Waals surface area contributed by atoms with Crippen LogP contribution in [0.3, 0.4) is 0 Å². The van der Waals surface area contributed by atoms with Gasteiger partial charge in [-0.1, -0.05) is 12.1 Å². The van der Waals surface area contributed by atoms with Gasteiger partial charge >= 0.3 is 17.9 Å². The van der Waals surface area contributed by atoms with Crippen molar-refractivity contribution in [3.63, 3.8) is 0 Å². The molecule has 8 amide bonds. The number of hydrogen-bond acceptors (Lipinski definition) is 16. The number of benzene rings is 1. The molecule has 0 unspecified atom stereocenters.